The molecule has 0 radical (unpaired) electrons. The van der Waals surface area contributed by atoms with E-state index in [2.05, 4.69) is 4.98 Å². The van der Waals surface area contributed by atoms with E-state index >= 15 is 0 Å². The number of aromatic nitrogens is 2. The average Bonchev–Trinajstić information content (AvgIpc) is 2.92. The molecule has 0 amide bonds. The van der Waals surface area contributed by atoms with Gasteiger partial charge >= 0.3 is 0 Å². The summed E-state index contributed by atoms with van der Waals surface area (Å²) >= 11 is 0. The van der Waals surface area contributed by atoms with E-state index in [9.17, 15) is 4.79 Å². The molecule has 0 spiro atoms. The van der Waals surface area contributed by atoms with Crippen LogP contribution in [0.5, 0.6) is 0 Å². The Balaban J connectivity index is 2.07. The minimum Gasteiger partial charge on any atom is -0.307 e. The van der Waals surface area contributed by atoms with Crippen LogP contribution in [0.4, 0.5) is 0 Å². The first-order valence-corrected chi connectivity index (χ1v) is 6.91. The first-order valence-electron chi connectivity index (χ1n) is 6.91. The molecule has 1 saturated carbocycles. The van der Waals surface area contributed by atoms with Crippen LogP contribution >= 0.6 is 0 Å². The Hall–Kier alpha value is -1.90. The molecule has 0 aliphatic heterocycles. The molecule has 0 saturated heterocycles. The zero-order valence-electron chi connectivity index (χ0n) is 11.1. The van der Waals surface area contributed by atoms with Gasteiger partial charge in [-0.2, -0.15) is 0 Å². The molecule has 1 aromatic heterocycles. The standard InChI is InChI=1S/C16H18N2O/c1-11-6-2-5-9-13(11)16-17-14(10-15(19)18-16)12-7-3-4-8-12/h2,5-6,9-10,12H,3-4,7-8H2,1H3,(H,17,18,19). The fraction of sp³-hybridized carbons (Fsp3) is 0.375. The van der Waals surface area contributed by atoms with Gasteiger partial charge in [0.2, 0.25) is 0 Å². The number of H-pyrrole nitrogens is 1. The van der Waals surface area contributed by atoms with E-state index < -0.39 is 0 Å². The predicted octanol–water partition coefficient (Wildman–Crippen LogP) is 3.40. The van der Waals surface area contributed by atoms with Crippen LogP contribution < -0.4 is 5.56 Å². The SMILES string of the molecule is Cc1ccccc1-c1nc(C2CCCC2)cc(=O)[nH]1. The minimum absolute atomic E-state index is 0.0462. The zero-order chi connectivity index (χ0) is 13.2. The molecule has 1 aromatic carbocycles. The summed E-state index contributed by atoms with van der Waals surface area (Å²) in [5.41, 5.74) is 3.06. The lowest BCUT2D eigenvalue weighted by atomic mass is 10.0. The van der Waals surface area contributed by atoms with Crippen molar-refractivity contribution < 1.29 is 0 Å². The van der Waals surface area contributed by atoms with Gasteiger partial charge in [0.25, 0.3) is 5.56 Å². The van der Waals surface area contributed by atoms with Crippen molar-refractivity contribution in [3.05, 3.63) is 51.9 Å². The summed E-state index contributed by atoms with van der Waals surface area (Å²) in [6.45, 7) is 2.04. The Labute approximate surface area is 112 Å². The highest BCUT2D eigenvalue weighted by molar-refractivity contribution is 5.59. The summed E-state index contributed by atoms with van der Waals surface area (Å²) in [7, 11) is 0. The van der Waals surface area contributed by atoms with Crippen LogP contribution in [-0.4, -0.2) is 9.97 Å². The van der Waals surface area contributed by atoms with E-state index in [1.807, 2.05) is 31.2 Å². The molecule has 1 fully saturated rings. The van der Waals surface area contributed by atoms with Crippen molar-refractivity contribution in [3.63, 3.8) is 0 Å². The van der Waals surface area contributed by atoms with E-state index in [1.165, 1.54) is 12.8 Å². The fourth-order valence-electron chi connectivity index (χ4n) is 2.87. The van der Waals surface area contributed by atoms with Crippen molar-refractivity contribution in [2.45, 2.75) is 38.5 Å². The summed E-state index contributed by atoms with van der Waals surface area (Å²) in [6, 6.07) is 9.68. The maximum Gasteiger partial charge on any atom is 0.251 e. The molecule has 0 unspecified atom stereocenters. The third-order valence-corrected chi connectivity index (χ3v) is 3.94. The third-order valence-electron chi connectivity index (χ3n) is 3.94. The first-order chi connectivity index (χ1) is 9.24. The van der Waals surface area contributed by atoms with Gasteiger partial charge in [0.15, 0.2) is 0 Å². The summed E-state index contributed by atoms with van der Waals surface area (Å²) in [5, 5.41) is 0. The van der Waals surface area contributed by atoms with Gasteiger partial charge in [-0.15, -0.1) is 0 Å². The first kappa shape index (κ1) is 12.2. The molecule has 3 nitrogen and oxygen atoms in total. The van der Waals surface area contributed by atoms with Crippen LogP contribution in [0.15, 0.2) is 35.1 Å². The molecule has 0 bridgehead atoms. The second-order valence-corrected chi connectivity index (χ2v) is 5.32. The van der Waals surface area contributed by atoms with Crippen molar-refractivity contribution in [2.24, 2.45) is 0 Å². The van der Waals surface area contributed by atoms with Crippen LogP contribution in [0, 0.1) is 6.92 Å². The van der Waals surface area contributed by atoms with Crippen LogP contribution in [0.25, 0.3) is 11.4 Å². The fourth-order valence-corrected chi connectivity index (χ4v) is 2.87. The van der Waals surface area contributed by atoms with Crippen LogP contribution in [0.3, 0.4) is 0 Å². The van der Waals surface area contributed by atoms with Crippen molar-refractivity contribution in [2.75, 3.05) is 0 Å². The summed E-state index contributed by atoms with van der Waals surface area (Å²) in [4.78, 5) is 19.4. The number of aromatic amines is 1. The van der Waals surface area contributed by atoms with Gasteiger partial charge in [-0.05, 0) is 25.3 Å². The van der Waals surface area contributed by atoms with Crippen molar-refractivity contribution in [1.29, 1.82) is 0 Å². The Kier molecular flexibility index (Phi) is 3.20. The number of benzene rings is 1. The molecular weight excluding hydrogens is 236 g/mol. The van der Waals surface area contributed by atoms with Gasteiger partial charge in [0.1, 0.15) is 5.82 Å². The second kappa shape index (κ2) is 5.00. The van der Waals surface area contributed by atoms with Gasteiger partial charge in [0, 0.05) is 17.5 Å². The maximum atomic E-state index is 11.9. The van der Waals surface area contributed by atoms with E-state index in [0.29, 0.717) is 11.7 Å². The molecule has 1 aliphatic carbocycles. The summed E-state index contributed by atoms with van der Waals surface area (Å²) in [5.74, 6) is 1.16. The zero-order valence-corrected chi connectivity index (χ0v) is 11.1. The lowest BCUT2D eigenvalue weighted by Gasteiger charge is -2.11. The lowest BCUT2D eigenvalue weighted by Crippen LogP contribution is -2.12. The number of nitrogens with one attached hydrogen (secondary N) is 1. The van der Waals surface area contributed by atoms with Gasteiger partial charge < -0.3 is 4.98 Å². The largest absolute Gasteiger partial charge is 0.307 e. The molecule has 3 rings (SSSR count). The normalized spacial score (nSPS) is 15.8. The summed E-state index contributed by atoms with van der Waals surface area (Å²) < 4.78 is 0. The van der Waals surface area contributed by atoms with Gasteiger partial charge in [-0.25, -0.2) is 4.98 Å². The van der Waals surface area contributed by atoms with E-state index in [4.69, 9.17) is 4.98 Å². The Morgan fingerprint density at radius 1 is 1.21 bits per heavy atom. The lowest BCUT2D eigenvalue weighted by molar-refractivity contribution is 0.693. The van der Waals surface area contributed by atoms with Crippen molar-refractivity contribution in [1.82, 2.24) is 9.97 Å². The van der Waals surface area contributed by atoms with Crippen LogP contribution in [0.1, 0.15) is 42.9 Å². The molecular formula is C16H18N2O. The molecule has 98 valence electrons. The van der Waals surface area contributed by atoms with Crippen molar-refractivity contribution in [3.8, 4) is 11.4 Å². The van der Waals surface area contributed by atoms with Gasteiger partial charge in [-0.3, -0.25) is 4.79 Å². The smallest absolute Gasteiger partial charge is 0.251 e. The third kappa shape index (κ3) is 2.46. The average molecular weight is 254 g/mol. The molecule has 0 atom stereocenters. The van der Waals surface area contributed by atoms with E-state index in [0.717, 1.165) is 29.7 Å². The molecule has 19 heavy (non-hydrogen) atoms. The highest BCUT2D eigenvalue weighted by Crippen LogP contribution is 2.33. The topological polar surface area (TPSA) is 45.8 Å². The monoisotopic (exact) mass is 254 g/mol. The predicted molar refractivity (Wildman–Crippen MR) is 76.2 cm³/mol. The number of aryl methyl sites for hydroxylation is 1. The second-order valence-electron chi connectivity index (χ2n) is 5.32. The Morgan fingerprint density at radius 2 is 1.95 bits per heavy atom. The molecule has 1 aliphatic rings. The molecule has 3 heteroatoms. The van der Waals surface area contributed by atoms with Gasteiger partial charge in [0.05, 0.1) is 5.69 Å². The summed E-state index contributed by atoms with van der Waals surface area (Å²) in [6.07, 6.45) is 4.81. The highest BCUT2D eigenvalue weighted by atomic mass is 16.1. The number of hydrogen-bond donors (Lipinski definition) is 1. The van der Waals surface area contributed by atoms with E-state index in [-0.39, 0.29) is 5.56 Å². The van der Waals surface area contributed by atoms with Gasteiger partial charge in [-0.1, -0.05) is 37.1 Å². The van der Waals surface area contributed by atoms with Crippen molar-refractivity contribution >= 4 is 0 Å². The quantitative estimate of drug-likeness (QED) is 0.892. The molecule has 2 aromatic rings. The maximum absolute atomic E-state index is 11.9. The highest BCUT2D eigenvalue weighted by Gasteiger charge is 2.19. The number of nitrogens with zero attached hydrogens (tertiary/aromatic N) is 1. The number of rotatable bonds is 2. The number of hydrogen-bond acceptors (Lipinski definition) is 2. The van der Waals surface area contributed by atoms with Crippen LogP contribution in [-0.2, 0) is 0 Å². The Morgan fingerprint density at radius 3 is 2.68 bits per heavy atom. The molecule has 1 N–H and O–H groups in total. The Bertz CT molecular complexity index is 639. The minimum atomic E-state index is -0.0462. The van der Waals surface area contributed by atoms with Crippen LogP contribution in [0.2, 0.25) is 0 Å². The molecule has 1 heterocycles. The van der Waals surface area contributed by atoms with E-state index in [1.54, 1.807) is 6.07 Å².